The molecule has 0 unspecified atom stereocenters. The van der Waals surface area contributed by atoms with Crippen molar-refractivity contribution < 1.29 is 19.5 Å². The molecule has 98 valence electrons. The fourth-order valence-electron chi connectivity index (χ4n) is 1.21. The fourth-order valence-corrected chi connectivity index (χ4v) is 1.21. The van der Waals surface area contributed by atoms with Crippen LogP contribution < -0.4 is 11.1 Å². The Bertz CT molecular complexity index is 281. The van der Waals surface area contributed by atoms with Gasteiger partial charge in [-0.05, 0) is 12.8 Å². The molecule has 0 bridgehead atoms. The van der Waals surface area contributed by atoms with Crippen LogP contribution in [0, 0.1) is 0 Å². The number of hydrogen-bond donors (Lipinski definition) is 3. The summed E-state index contributed by atoms with van der Waals surface area (Å²) in [6, 6.07) is -0.359. The molecular weight excluding hydrogens is 226 g/mol. The molecule has 3 amide bonds. The van der Waals surface area contributed by atoms with Crippen LogP contribution in [0.1, 0.15) is 25.7 Å². The number of nitrogens with zero attached hydrogens (tertiary/aromatic N) is 1. The third-order valence-corrected chi connectivity index (χ3v) is 2.08. The normalized spacial score (nSPS) is 9.71. The maximum atomic E-state index is 11.3. The van der Waals surface area contributed by atoms with Crippen LogP contribution in [0.15, 0.2) is 0 Å². The third-order valence-electron chi connectivity index (χ3n) is 2.08. The molecular formula is C10H19N3O4. The van der Waals surface area contributed by atoms with Gasteiger partial charge in [-0.25, -0.2) is 4.79 Å². The molecule has 0 aromatic heterocycles. The predicted molar refractivity (Wildman–Crippen MR) is 61.3 cm³/mol. The summed E-state index contributed by atoms with van der Waals surface area (Å²) in [6.45, 7) is 0.340. The van der Waals surface area contributed by atoms with Crippen molar-refractivity contribution in [2.75, 3.05) is 20.1 Å². The number of carbonyl (C=O) groups is 3. The van der Waals surface area contributed by atoms with Crippen molar-refractivity contribution in [1.82, 2.24) is 10.2 Å². The van der Waals surface area contributed by atoms with Crippen molar-refractivity contribution in [1.29, 1.82) is 0 Å². The SMILES string of the molecule is CN(CC(N)=O)C(=O)NCCCCCC(=O)O. The molecule has 0 atom stereocenters. The summed E-state index contributed by atoms with van der Waals surface area (Å²) in [6.07, 6.45) is 2.20. The number of urea groups is 1. The predicted octanol–water partition coefficient (Wildman–Crippen LogP) is -0.242. The number of likely N-dealkylation sites (N-methyl/N-ethyl adjacent to an activating group) is 1. The molecule has 0 saturated carbocycles. The number of rotatable bonds is 8. The number of carboxylic acids is 1. The van der Waals surface area contributed by atoms with Gasteiger partial charge in [-0.2, -0.15) is 0 Å². The highest BCUT2D eigenvalue weighted by molar-refractivity contribution is 5.82. The summed E-state index contributed by atoms with van der Waals surface area (Å²) in [5.41, 5.74) is 4.94. The van der Waals surface area contributed by atoms with Gasteiger partial charge in [0.25, 0.3) is 0 Å². The molecule has 0 fully saturated rings. The minimum absolute atomic E-state index is 0.120. The average Bonchev–Trinajstić information content (AvgIpc) is 2.21. The molecule has 0 heterocycles. The third kappa shape index (κ3) is 9.16. The molecule has 17 heavy (non-hydrogen) atoms. The molecule has 0 saturated heterocycles. The first kappa shape index (κ1) is 15.2. The first-order valence-corrected chi connectivity index (χ1v) is 5.42. The molecule has 0 aliphatic rings. The van der Waals surface area contributed by atoms with Crippen molar-refractivity contribution >= 4 is 17.9 Å². The van der Waals surface area contributed by atoms with Crippen molar-refractivity contribution in [2.45, 2.75) is 25.7 Å². The molecule has 7 nitrogen and oxygen atoms in total. The van der Waals surface area contributed by atoms with Gasteiger partial charge in [-0.1, -0.05) is 6.42 Å². The van der Waals surface area contributed by atoms with Crippen molar-refractivity contribution in [2.24, 2.45) is 5.73 Å². The molecule has 0 spiro atoms. The number of carboxylic acid groups (broad SMARTS) is 1. The summed E-state index contributed by atoms with van der Waals surface area (Å²) in [4.78, 5) is 33.3. The van der Waals surface area contributed by atoms with Gasteiger partial charge in [-0.3, -0.25) is 9.59 Å². The minimum atomic E-state index is -0.810. The Labute approximate surface area is 100.0 Å². The van der Waals surface area contributed by atoms with E-state index in [1.807, 2.05) is 0 Å². The summed E-state index contributed by atoms with van der Waals surface area (Å²) in [7, 11) is 1.48. The van der Waals surface area contributed by atoms with Gasteiger partial charge in [0, 0.05) is 20.0 Å². The Balaban J connectivity index is 3.51. The number of primary amides is 1. The lowest BCUT2D eigenvalue weighted by Gasteiger charge is -2.15. The van der Waals surface area contributed by atoms with E-state index in [2.05, 4.69) is 5.32 Å². The van der Waals surface area contributed by atoms with E-state index in [1.165, 1.54) is 11.9 Å². The Morgan fingerprint density at radius 1 is 1.24 bits per heavy atom. The second kappa shape index (κ2) is 8.37. The molecule has 0 radical (unpaired) electrons. The van der Waals surface area contributed by atoms with E-state index in [9.17, 15) is 14.4 Å². The van der Waals surface area contributed by atoms with E-state index in [0.717, 1.165) is 6.42 Å². The topological polar surface area (TPSA) is 113 Å². The van der Waals surface area contributed by atoms with E-state index in [-0.39, 0.29) is 19.0 Å². The first-order valence-electron chi connectivity index (χ1n) is 5.42. The molecule has 0 aliphatic heterocycles. The van der Waals surface area contributed by atoms with E-state index >= 15 is 0 Å². The van der Waals surface area contributed by atoms with Crippen molar-refractivity contribution in [3.8, 4) is 0 Å². The average molecular weight is 245 g/mol. The van der Waals surface area contributed by atoms with Crippen LogP contribution in [0.25, 0.3) is 0 Å². The van der Waals surface area contributed by atoms with Crippen LogP contribution in [0.2, 0.25) is 0 Å². The maximum Gasteiger partial charge on any atom is 0.317 e. The number of nitrogens with two attached hydrogens (primary N) is 1. The lowest BCUT2D eigenvalue weighted by molar-refractivity contribution is -0.137. The highest BCUT2D eigenvalue weighted by atomic mass is 16.4. The van der Waals surface area contributed by atoms with E-state index in [4.69, 9.17) is 10.8 Å². The van der Waals surface area contributed by atoms with Crippen LogP contribution in [-0.4, -0.2) is 48.1 Å². The summed E-state index contributed by atoms with van der Waals surface area (Å²) in [5.74, 6) is -1.38. The zero-order chi connectivity index (χ0) is 13.3. The van der Waals surface area contributed by atoms with E-state index in [1.54, 1.807) is 0 Å². The molecule has 0 aliphatic carbocycles. The molecule has 7 heteroatoms. The summed E-state index contributed by atoms with van der Waals surface area (Å²) in [5, 5.41) is 11.0. The minimum Gasteiger partial charge on any atom is -0.481 e. The first-order chi connectivity index (χ1) is 7.93. The summed E-state index contributed by atoms with van der Waals surface area (Å²) >= 11 is 0. The number of carbonyl (C=O) groups excluding carboxylic acids is 2. The molecule has 0 aromatic carbocycles. The van der Waals surface area contributed by atoms with Crippen molar-refractivity contribution in [3.63, 3.8) is 0 Å². The Kier molecular flexibility index (Phi) is 7.49. The second-order valence-corrected chi connectivity index (χ2v) is 3.76. The largest absolute Gasteiger partial charge is 0.481 e. The standard InChI is InChI=1S/C10H19N3O4/c1-13(7-8(11)14)10(17)12-6-4-2-3-5-9(15)16/h2-7H2,1H3,(H2,11,14)(H,12,17)(H,15,16). The van der Waals surface area contributed by atoms with Gasteiger partial charge < -0.3 is 21.1 Å². The lowest BCUT2D eigenvalue weighted by atomic mass is 10.2. The van der Waals surface area contributed by atoms with Crippen LogP contribution in [-0.2, 0) is 9.59 Å². The van der Waals surface area contributed by atoms with Gasteiger partial charge in [0.15, 0.2) is 0 Å². The molecule has 0 aromatic rings. The van der Waals surface area contributed by atoms with Gasteiger partial charge >= 0.3 is 12.0 Å². The monoisotopic (exact) mass is 245 g/mol. The highest BCUT2D eigenvalue weighted by Crippen LogP contribution is 1.98. The van der Waals surface area contributed by atoms with Gasteiger partial charge in [0.2, 0.25) is 5.91 Å². The smallest absolute Gasteiger partial charge is 0.317 e. The number of unbranched alkanes of at least 4 members (excludes halogenated alkanes) is 2. The zero-order valence-corrected chi connectivity index (χ0v) is 9.94. The maximum absolute atomic E-state index is 11.3. The zero-order valence-electron chi connectivity index (χ0n) is 9.94. The van der Waals surface area contributed by atoms with Crippen LogP contribution in [0.5, 0.6) is 0 Å². The van der Waals surface area contributed by atoms with Gasteiger partial charge in [-0.15, -0.1) is 0 Å². The fraction of sp³-hybridized carbons (Fsp3) is 0.700. The van der Waals surface area contributed by atoms with Crippen LogP contribution >= 0.6 is 0 Å². The Morgan fingerprint density at radius 3 is 2.41 bits per heavy atom. The quantitative estimate of drug-likeness (QED) is 0.512. The number of hydrogen-bond acceptors (Lipinski definition) is 3. The Morgan fingerprint density at radius 2 is 1.88 bits per heavy atom. The number of amides is 3. The second-order valence-electron chi connectivity index (χ2n) is 3.76. The van der Waals surface area contributed by atoms with Crippen LogP contribution in [0.3, 0.4) is 0 Å². The number of aliphatic carboxylic acids is 1. The lowest BCUT2D eigenvalue weighted by Crippen LogP contribution is -2.42. The van der Waals surface area contributed by atoms with E-state index < -0.39 is 11.9 Å². The highest BCUT2D eigenvalue weighted by Gasteiger charge is 2.09. The van der Waals surface area contributed by atoms with Gasteiger partial charge in [0.1, 0.15) is 6.54 Å². The van der Waals surface area contributed by atoms with E-state index in [0.29, 0.717) is 19.4 Å². The molecule has 4 N–H and O–H groups in total. The summed E-state index contributed by atoms with van der Waals surface area (Å²) < 4.78 is 0. The Hall–Kier alpha value is -1.79. The van der Waals surface area contributed by atoms with Crippen LogP contribution in [0.4, 0.5) is 4.79 Å². The molecule has 0 rings (SSSR count). The van der Waals surface area contributed by atoms with Gasteiger partial charge in [0.05, 0.1) is 0 Å². The number of nitrogens with one attached hydrogen (secondary N) is 1. The van der Waals surface area contributed by atoms with Crippen molar-refractivity contribution in [3.05, 3.63) is 0 Å².